The highest BCUT2D eigenvalue weighted by atomic mass is 16.5. The third kappa shape index (κ3) is 2.91. The highest BCUT2D eigenvalue weighted by Gasteiger charge is 2.22. The number of aryl methyl sites for hydroxylation is 2. The molecule has 0 unspecified atom stereocenters. The van der Waals surface area contributed by atoms with Crippen molar-refractivity contribution in [1.82, 2.24) is 20.1 Å². The van der Waals surface area contributed by atoms with E-state index in [0.29, 0.717) is 6.04 Å². The maximum atomic E-state index is 5.89. The smallest absolute Gasteiger partial charge is 0.165 e. The minimum absolute atomic E-state index is 0.430. The first-order valence-corrected chi connectivity index (χ1v) is 8.31. The monoisotopic (exact) mass is 314 g/mol. The van der Waals surface area contributed by atoms with E-state index >= 15 is 0 Å². The van der Waals surface area contributed by atoms with Gasteiger partial charge in [0.2, 0.25) is 0 Å². The van der Waals surface area contributed by atoms with Gasteiger partial charge in [0, 0.05) is 37.5 Å². The molecule has 1 N–H and O–H groups in total. The second kappa shape index (κ2) is 6.20. The lowest BCUT2D eigenvalue weighted by Crippen LogP contribution is -2.37. The second-order valence-corrected chi connectivity index (χ2v) is 6.19. The summed E-state index contributed by atoms with van der Waals surface area (Å²) < 4.78 is 13.9. The summed E-state index contributed by atoms with van der Waals surface area (Å²) in [7, 11) is 0. The minimum Gasteiger partial charge on any atom is -0.490 e. The molecular formula is C17H22N4O2. The predicted molar refractivity (Wildman–Crippen MR) is 85.8 cm³/mol. The number of benzene rings is 1. The summed E-state index contributed by atoms with van der Waals surface area (Å²) >= 11 is 0. The highest BCUT2D eigenvalue weighted by Crippen LogP contribution is 2.33. The molecule has 23 heavy (non-hydrogen) atoms. The zero-order chi connectivity index (χ0) is 15.6. The Morgan fingerprint density at radius 2 is 2.17 bits per heavy atom. The van der Waals surface area contributed by atoms with Crippen molar-refractivity contribution in [3.63, 3.8) is 0 Å². The van der Waals surface area contributed by atoms with E-state index in [9.17, 15) is 0 Å². The summed E-state index contributed by atoms with van der Waals surface area (Å²) in [6.07, 6.45) is 3.00. The molecule has 0 saturated carbocycles. The van der Waals surface area contributed by atoms with Gasteiger partial charge in [0.1, 0.15) is 11.6 Å². The zero-order valence-electron chi connectivity index (χ0n) is 13.4. The van der Waals surface area contributed by atoms with Crippen LogP contribution in [0.5, 0.6) is 11.5 Å². The molecule has 0 spiro atoms. The summed E-state index contributed by atoms with van der Waals surface area (Å²) in [6.45, 7) is 5.17. The summed E-state index contributed by atoms with van der Waals surface area (Å²) in [4.78, 5) is 0. The van der Waals surface area contributed by atoms with Gasteiger partial charge in [0.05, 0.1) is 13.2 Å². The molecule has 122 valence electrons. The van der Waals surface area contributed by atoms with Crippen LogP contribution < -0.4 is 14.8 Å². The van der Waals surface area contributed by atoms with E-state index in [4.69, 9.17) is 9.47 Å². The fraction of sp³-hybridized carbons (Fsp3) is 0.529. The fourth-order valence-electron chi connectivity index (χ4n) is 3.28. The third-order valence-electron chi connectivity index (χ3n) is 4.57. The maximum Gasteiger partial charge on any atom is 0.165 e. The van der Waals surface area contributed by atoms with Crippen LogP contribution in [0.3, 0.4) is 0 Å². The predicted octanol–water partition coefficient (Wildman–Crippen LogP) is 1.85. The van der Waals surface area contributed by atoms with Crippen molar-refractivity contribution in [3.05, 3.63) is 35.4 Å². The summed E-state index contributed by atoms with van der Waals surface area (Å²) in [5, 5.41) is 12.0. The number of rotatable bonds is 3. The standard InChI is InChI=1S/C17H22N4O2/c1-12-19-20-16-7-6-14(11-21(12)16)18-10-13-4-2-5-15-17(13)23-9-3-8-22-15/h2,4-5,14,18H,3,6-11H2,1H3/t14-/m1/s1. The molecule has 0 saturated heterocycles. The maximum absolute atomic E-state index is 5.89. The molecule has 0 aliphatic carbocycles. The van der Waals surface area contributed by atoms with E-state index < -0.39 is 0 Å². The SMILES string of the molecule is Cc1nnc2n1C[C@H](NCc1cccc3c1OCCCO3)CC2. The van der Waals surface area contributed by atoms with E-state index in [1.54, 1.807) is 0 Å². The molecule has 1 atom stereocenters. The van der Waals surface area contributed by atoms with Crippen LogP contribution >= 0.6 is 0 Å². The van der Waals surface area contributed by atoms with Crippen LogP contribution in [0.25, 0.3) is 0 Å². The molecular weight excluding hydrogens is 292 g/mol. The van der Waals surface area contributed by atoms with Crippen molar-refractivity contribution < 1.29 is 9.47 Å². The molecule has 1 aromatic carbocycles. The van der Waals surface area contributed by atoms with E-state index in [-0.39, 0.29) is 0 Å². The number of nitrogens with one attached hydrogen (secondary N) is 1. The number of ether oxygens (including phenoxy) is 2. The van der Waals surface area contributed by atoms with Crippen LogP contribution in [-0.4, -0.2) is 34.0 Å². The van der Waals surface area contributed by atoms with Gasteiger partial charge in [-0.05, 0) is 19.4 Å². The lowest BCUT2D eigenvalue weighted by molar-refractivity contribution is 0.295. The Morgan fingerprint density at radius 3 is 3.13 bits per heavy atom. The largest absolute Gasteiger partial charge is 0.490 e. The summed E-state index contributed by atoms with van der Waals surface area (Å²) in [5.41, 5.74) is 1.16. The molecule has 2 aromatic rings. The molecule has 2 aliphatic rings. The topological polar surface area (TPSA) is 61.2 Å². The fourth-order valence-corrected chi connectivity index (χ4v) is 3.28. The minimum atomic E-state index is 0.430. The Hall–Kier alpha value is -2.08. The lowest BCUT2D eigenvalue weighted by atomic mass is 10.1. The van der Waals surface area contributed by atoms with Crippen LogP contribution in [0, 0.1) is 6.92 Å². The number of para-hydroxylation sites is 1. The van der Waals surface area contributed by atoms with Crippen molar-refractivity contribution in [3.8, 4) is 11.5 Å². The Bertz CT molecular complexity index is 698. The number of fused-ring (bicyclic) bond motifs is 2. The Morgan fingerprint density at radius 1 is 1.26 bits per heavy atom. The van der Waals surface area contributed by atoms with Crippen LogP contribution in [0.15, 0.2) is 18.2 Å². The molecule has 6 nitrogen and oxygen atoms in total. The first-order chi connectivity index (χ1) is 11.3. The summed E-state index contributed by atoms with van der Waals surface area (Å²) in [6, 6.07) is 6.56. The van der Waals surface area contributed by atoms with Gasteiger partial charge in [0.15, 0.2) is 11.5 Å². The van der Waals surface area contributed by atoms with Crippen molar-refractivity contribution in [2.24, 2.45) is 0 Å². The van der Waals surface area contributed by atoms with Crippen LogP contribution in [-0.2, 0) is 19.5 Å². The first kappa shape index (κ1) is 14.5. The Kier molecular flexibility index (Phi) is 3.91. The van der Waals surface area contributed by atoms with Gasteiger partial charge in [0.25, 0.3) is 0 Å². The highest BCUT2D eigenvalue weighted by molar-refractivity contribution is 5.47. The molecule has 0 bridgehead atoms. The number of nitrogens with zero attached hydrogens (tertiary/aromatic N) is 3. The quantitative estimate of drug-likeness (QED) is 0.937. The van der Waals surface area contributed by atoms with Gasteiger partial charge in [-0.25, -0.2) is 0 Å². The summed E-state index contributed by atoms with van der Waals surface area (Å²) in [5.74, 6) is 3.86. The number of hydrogen-bond donors (Lipinski definition) is 1. The molecule has 3 heterocycles. The Balaban J connectivity index is 1.45. The van der Waals surface area contributed by atoms with Gasteiger partial charge in [-0.15, -0.1) is 10.2 Å². The van der Waals surface area contributed by atoms with Crippen LogP contribution in [0.2, 0.25) is 0 Å². The van der Waals surface area contributed by atoms with Crippen LogP contribution in [0.4, 0.5) is 0 Å². The van der Waals surface area contributed by atoms with E-state index in [1.807, 2.05) is 19.1 Å². The third-order valence-corrected chi connectivity index (χ3v) is 4.57. The zero-order valence-corrected chi connectivity index (χ0v) is 13.4. The molecule has 0 amide bonds. The average Bonchev–Trinajstić information content (AvgIpc) is 2.80. The number of aromatic nitrogens is 3. The van der Waals surface area contributed by atoms with E-state index in [2.05, 4.69) is 26.1 Å². The van der Waals surface area contributed by atoms with E-state index in [1.165, 1.54) is 0 Å². The Labute approximate surface area is 135 Å². The average molecular weight is 314 g/mol. The first-order valence-electron chi connectivity index (χ1n) is 8.31. The normalized spacial score (nSPS) is 20.0. The van der Waals surface area contributed by atoms with Crippen molar-refractivity contribution in [1.29, 1.82) is 0 Å². The second-order valence-electron chi connectivity index (χ2n) is 6.19. The van der Waals surface area contributed by atoms with Crippen molar-refractivity contribution >= 4 is 0 Å². The van der Waals surface area contributed by atoms with Gasteiger partial charge >= 0.3 is 0 Å². The van der Waals surface area contributed by atoms with Gasteiger partial charge < -0.3 is 19.4 Å². The van der Waals surface area contributed by atoms with Gasteiger partial charge in [-0.2, -0.15) is 0 Å². The van der Waals surface area contributed by atoms with Gasteiger partial charge in [-0.1, -0.05) is 12.1 Å². The molecule has 4 rings (SSSR count). The molecule has 1 aromatic heterocycles. The van der Waals surface area contributed by atoms with Gasteiger partial charge in [-0.3, -0.25) is 0 Å². The number of hydrogen-bond acceptors (Lipinski definition) is 5. The van der Waals surface area contributed by atoms with Crippen molar-refractivity contribution in [2.45, 2.75) is 45.3 Å². The molecule has 0 radical (unpaired) electrons. The van der Waals surface area contributed by atoms with E-state index in [0.717, 1.165) is 74.3 Å². The van der Waals surface area contributed by atoms with Crippen molar-refractivity contribution in [2.75, 3.05) is 13.2 Å². The molecule has 0 fully saturated rings. The van der Waals surface area contributed by atoms with Crippen LogP contribution in [0.1, 0.15) is 30.1 Å². The molecule has 2 aliphatic heterocycles. The molecule has 6 heteroatoms. The lowest BCUT2D eigenvalue weighted by Gasteiger charge is -2.25.